The van der Waals surface area contributed by atoms with Crippen LogP contribution in [0.3, 0.4) is 0 Å². The van der Waals surface area contributed by atoms with Crippen molar-refractivity contribution in [3.63, 3.8) is 0 Å². The first kappa shape index (κ1) is 14.6. The van der Waals surface area contributed by atoms with Crippen molar-refractivity contribution in [2.24, 2.45) is 5.92 Å². The molecule has 0 saturated carbocycles. The predicted octanol–water partition coefficient (Wildman–Crippen LogP) is 1.79. The molecule has 7 heteroatoms. The van der Waals surface area contributed by atoms with E-state index in [0.29, 0.717) is 30.6 Å². The number of ether oxygens (including phenoxy) is 1. The van der Waals surface area contributed by atoms with E-state index in [4.69, 9.17) is 16.3 Å². The summed E-state index contributed by atoms with van der Waals surface area (Å²) in [4.78, 5) is 3.93. The van der Waals surface area contributed by atoms with Crippen LogP contribution in [0.1, 0.15) is 12.8 Å². The lowest BCUT2D eigenvalue weighted by Crippen LogP contribution is -2.40. The molecule has 0 spiro atoms. The Labute approximate surface area is 118 Å². The van der Waals surface area contributed by atoms with Gasteiger partial charge in [0.15, 0.2) is 0 Å². The monoisotopic (exact) mass is 304 g/mol. The highest BCUT2D eigenvalue weighted by molar-refractivity contribution is 7.88. The minimum absolute atomic E-state index is 0.221. The highest BCUT2D eigenvalue weighted by atomic mass is 35.5. The van der Waals surface area contributed by atoms with Gasteiger partial charge in [-0.25, -0.2) is 17.7 Å². The Morgan fingerprint density at radius 1 is 1.53 bits per heavy atom. The van der Waals surface area contributed by atoms with E-state index in [2.05, 4.69) is 4.98 Å². The summed E-state index contributed by atoms with van der Waals surface area (Å²) in [6.07, 6.45) is 4.67. The average molecular weight is 305 g/mol. The summed E-state index contributed by atoms with van der Waals surface area (Å²) in [5.41, 5.74) is 0. The van der Waals surface area contributed by atoms with Crippen molar-refractivity contribution in [1.82, 2.24) is 9.29 Å². The number of sulfonamides is 1. The molecule has 1 aromatic rings. The number of pyridine rings is 1. The Hall–Kier alpha value is -0.850. The van der Waals surface area contributed by atoms with Crippen LogP contribution >= 0.6 is 11.6 Å². The summed E-state index contributed by atoms with van der Waals surface area (Å²) < 4.78 is 30.1. The molecular weight excluding hydrogens is 288 g/mol. The molecule has 2 heterocycles. The van der Waals surface area contributed by atoms with Gasteiger partial charge in [-0.1, -0.05) is 11.6 Å². The third kappa shape index (κ3) is 4.33. The maximum Gasteiger partial charge on any atom is 0.211 e. The second kappa shape index (κ2) is 6.07. The predicted molar refractivity (Wildman–Crippen MR) is 73.9 cm³/mol. The van der Waals surface area contributed by atoms with Gasteiger partial charge in [-0.15, -0.1) is 0 Å². The Kier molecular flexibility index (Phi) is 4.65. The van der Waals surface area contributed by atoms with E-state index >= 15 is 0 Å². The molecule has 1 aromatic heterocycles. The minimum Gasteiger partial charge on any atom is -0.492 e. The van der Waals surface area contributed by atoms with Crippen molar-refractivity contribution in [3.05, 3.63) is 23.5 Å². The fraction of sp³-hybridized carbons (Fsp3) is 0.583. The van der Waals surface area contributed by atoms with Crippen LogP contribution in [-0.2, 0) is 10.0 Å². The number of nitrogens with zero attached hydrogens (tertiary/aromatic N) is 2. The molecule has 1 unspecified atom stereocenters. The molecule has 1 fully saturated rings. The van der Waals surface area contributed by atoms with Gasteiger partial charge in [-0.05, 0) is 25.0 Å². The number of halogens is 1. The number of rotatable bonds is 4. The van der Waals surface area contributed by atoms with E-state index < -0.39 is 10.0 Å². The van der Waals surface area contributed by atoms with Crippen molar-refractivity contribution < 1.29 is 13.2 Å². The molecule has 0 aromatic carbocycles. The lowest BCUT2D eigenvalue weighted by atomic mass is 10.0. The van der Waals surface area contributed by atoms with Gasteiger partial charge in [0, 0.05) is 19.0 Å². The number of hydrogen-bond donors (Lipinski definition) is 0. The topological polar surface area (TPSA) is 59.5 Å². The smallest absolute Gasteiger partial charge is 0.211 e. The molecule has 1 aliphatic heterocycles. The third-order valence-corrected chi connectivity index (χ3v) is 4.63. The molecule has 0 amide bonds. The molecule has 0 aliphatic carbocycles. The Balaban J connectivity index is 1.87. The summed E-state index contributed by atoms with van der Waals surface area (Å²) in [7, 11) is -3.10. The lowest BCUT2D eigenvalue weighted by molar-refractivity contribution is 0.180. The molecular formula is C12H17ClN2O3S. The maximum atomic E-state index is 11.5. The van der Waals surface area contributed by atoms with Gasteiger partial charge < -0.3 is 4.74 Å². The number of hydrogen-bond acceptors (Lipinski definition) is 4. The summed E-state index contributed by atoms with van der Waals surface area (Å²) in [5, 5.41) is 0.424. The molecule has 19 heavy (non-hydrogen) atoms. The van der Waals surface area contributed by atoms with Crippen LogP contribution in [0.2, 0.25) is 5.15 Å². The van der Waals surface area contributed by atoms with Gasteiger partial charge in [0.25, 0.3) is 0 Å². The van der Waals surface area contributed by atoms with Crippen molar-refractivity contribution in [2.75, 3.05) is 26.0 Å². The van der Waals surface area contributed by atoms with Crippen LogP contribution in [-0.4, -0.2) is 43.7 Å². The zero-order valence-electron chi connectivity index (χ0n) is 10.8. The SMILES string of the molecule is CS(=O)(=O)N1CCCC(COc2ccc(Cl)nc2)C1. The molecule has 1 aliphatic rings. The highest BCUT2D eigenvalue weighted by Crippen LogP contribution is 2.20. The quantitative estimate of drug-likeness (QED) is 0.796. The average Bonchev–Trinajstić information content (AvgIpc) is 2.37. The number of aromatic nitrogens is 1. The Morgan fingerprint density at radius 3 is 2.95 bits per heavy atom. The molecule has 2 rings (SSSR count). The fourth-order valence-electron chi connectivity index (χ4n) is 2.13. The standard InChI is InChI=1S/C12H17ClN2O3S/c1-19(16,17)15-6-2-3-10(8-15)9-18-11-4-5-12(13)14-7-11/h4-5,7,10H,2-3,6,8-9H2,1H3. The first-order chi connectivity index (χ1) is 8.95. The van der Waals surface area contributed by atoms with Crippen molar-refractivity contribution >= 4 is 21.6 Å². The number of piperidine rings is 1. The maximum absolute atomic E-state index is 11.5. The molecule has 106 valence electrons. The second-order valence-electron chi connectivity index (χ2n) is 4.76. The van der Waals surface area contributed by atoms with E-state index in [-0.39, 0.29) is 5.92 Å². The van der Waals surface area contributed by atoms with E-state index in [0.717, 1.165) is 12.8 Å². The van der Waals surface area contributed by atoms with Crippen LogP contribution in [0, 0.1) is 5.92 Å². The van der Waals surface area contributed by atoms with Crippen molar-refractivity contribution in [3.8, 4) is 5.75 Å². The van der Waals surface area contributed by atoms with Crippen LogP contribution in [0.25, 0.3) is 0 Å². The van der Waals surface area contributed by atoms with Gasteiger partial charge in [0.1, 0.15) is 10.9 Å². The normalized spacial score (nSPS) is 21.3. The first-order valence-electron chi connectivity index (χ1n) is 6.14. The van der Waals surface area contributed by atoms with Crippen molar-refractivity contribution in [1.29, 1.82) is 0 Å². The zero-order chi connectivity index (χ0) is 13.9. The van der Waals surface area contributed by atoms with Gasteiger partial charge in [-0.2, -0.15) is 0 Å². The summed E-state index contributed by atoms with van der Waals surface area (Å²) in [5.74, 6) is 0.875. The molecule has 0 radical (unpaired) electrons. The summed E-state index contributed by atoms with van der Waals surface area (Å²) in [6, 6.07) is 3.42. The lowest BCUT2D eigenvalue weighted by Gasteiger charge is -2.30. The summed E-state index contributed by atoms with van der Waals surface area (Å²) >= 11 is 5.69. The molecule has 1 atom stereocenters. The van der Waals surface area contributed by atoms with Gasteiger partial charge in [0.2, 0.25) is 10.0 Å². The minimum atomic E-state index is -3.10. The third-order valence-electron chi connectivity index (χ3n) is 3.14. The second-order valence-corrected chi connectivity index (χ2v) is 7.13. The Bertz CT molecular complexity index is 518. The van der Waals surface area contributed by atoms with Crippen LogP contribution in [0.4, 0.5) is 0 Å². The summed E-state index contributed by atoms with van der Waals surface area (Å²) in [6.45, 7) is 1.63. The van der Waals surface area contributed by atoms with Gasteiger partial charge in [-0.3, -0.25) is 0 Å². The van der Waals surface area contributed by atoms with Crippen LogP contribution < -0.4 is 4.74 Å². The largest absolute Gasteiger partial charge is 0.492 e. The zero-order valence-corrected chi connectivity index (χ0v) is 12.3. The fourth-order valence-corrected chi connectivity index (χ4v) is 3.18. The van der Waals surface area contributed by atoms with E-state index in [1.165, 1.54) is 10.6 Å². The van der Waals surface area contributed by atoms with E-state index in [1.807, 2.05) is 0 Å². The first-order valence-corrected chi connectivity index (χ1v) is 8.37. The van der Waals surface area contributed by atoms with Crippen LogP contribution in [0.5, 0.6) is 5.75 Å². The van der Waals surface area contributed by atoms with E-state index in [9.17, 15) is 8.42 Å². The van der Waals surface area contributed by atoms with E-state index in [1.54, 1.807) is 18.3 Å². The molecule has 0 N–H and O–H groups in total. The Morgan fingerprint density at radius 2 is 2.32 bits per heavy atom. The molecule has 5 nitrogen and oxygen atoms in total. The van der Waals surface area contributed by atoms with Crippen LogP contribution in [0.15, 0.2) is 18.3 Å². The highest BCUT2D eigenvalue weighted by Gasteiger charge is 2.26. The van der Waals surface area contributed by atoms with Gasteiger partial charge in [0.05, 0.1) is 19.1 Å². The molecule has 1 saturated heterocycles. The van der Waals surface area contributed by atoms with Gasteiger partial charge >= 0.3 is 0 Å². The molecule has 0 bridgehead atoms. The van der Waals surface area contributed by atoms with Crippen molar-refractivity contribution in [2.45, 2.75) is 12.8 Å².